The molecule has 0 aliphatic heterocycles. The van der Waals surface area contributed by atoms with Gasteiger partial charge >= 0.3 is 5.97 Å². The van der Waals surface area contributed by atoms with Crippen molar-refractivity contribution in [3.05, 3.63) is 29.8 Å². The van der Waals surface area contributed by atoms with E-state index in [9.17, 15) is 4.79 Å². The van der Waals surface area contributed by atoms with Crippen LogP contribution in [0.1, 0.15) is 72.3 Å². The van der Waals surface area contributed by atoms with Crippen molar-refractivity contribution < 1.29 is 9.53 Å². The molecule has 0 amide bonds. The van der Waals surface area contributed by atoms with Crippen molar-refractivity contribution in [3.8, 4) is 0 Å². The summed E-state index contributed by atoms with van der Waals surface area (Å²) in [4.78, 5) is 12.3. The fourth-order valence-corrected chi connectivity index (χ4v) is 2.78. The minimum absolute atomic E-state index is 0.222. The van der Waals surface area contributed by atoms with Gasteiger partial charge < -0.3 is 10.1 Å². The predicted octanol–water partition coefficient (Wildman–Crippen LogP) is 5.57. The van der Waals surface area contributed by atoms with Gasteiger partial charge in [0, 0.05) is 11.4 Å². The van der Waals surface area contributed by atoms with E-state index in [1.165, 1.54) is 49.6 Å². The smallest absolute Gasteiger partial charge is 0.320 e. The zero-order chi connectivity index (χ0) is 20.3. The van der Waals surface area contributed by atoms with Gasteiger partial charge in [0.1, 0.15) is 6.54 Å². The molecule has 0 unspecified atom stereocenters. The van der Waals surface area contributed by atoms with Crippen molar-refractivity contribution in [3.63, 3.8) is 0 Å². The van der Waals surface area contributed by atoms with Crippen molar-refractivity contribution in [1.29, 1.82) is 0 Å². The molecular formula is C22H40N2O2S. The van der Waals surface area contributed by atoms with Crippen LogP contribution in [0.3, 0.4) is 0 Å². The first-order valence-corrected chi connectivity index (χ1v) is 11.2. The van der Waals surface area contributed by atoms with Crippen molar-refractivity contribution >= 4 is 17.9 Å². The van der Waals surface area contributed by atoms with Crippen LogP contribution in [0.2, 0.25) is 0 Å². The molecule has 0 aliphatic carbocycles. The molecule has 5 heteroatoms. The minimum Gasteiger partial charge on any atom is -0.465 e. The molecule has 0 aromatic heterocycles. The van der Waals surface area contributed by atoms with Crippen LogP contribution in [0, 0.1) is 5.92 Å². The summed E-state index contributed by atoms with van der Waals surface area (Å²) in [5.41, 5.74) is 1.29. The van der Waals surface area contributed by atoms with Crippen LogP contribution in [-0.4, -0.2) is 25.7 Å². The van der Waals surface area contributed by atoms with Crippen LogP contribution in [0.4, 0.5) is 0 Å². The Hall–Kier alpha value is -1.04. The van der Waals surface area contributed by atoms with Crippen molar-refractivity contribution in [1.82, 2.24) is 10.0 Å². The van der Waals surface area contributed by atoms with E-state index in [1.54, 1.807) is 0 Å². The van der Waals surface area contributed by atoms with Gasteiger partial charge in [-0.25, -0.2) is 4.72 Å². The second-order valence-electron chi connectivity index (χ2n) is 7.20. The average Bonchev–Trinajstić information content (AvgIpc) is 2.62. The van der Waals surface area contributed by atoms with E-state index in [4.69, 9.17) is 4.74 Å². The van der Waals surface area contributed by atoms with E-state index in [0.717, 1.165) is 23.9 Å². The summed E-state index contributed by atoms with van der Waals surface area (Å²) in [6.07, 6.45) is 6.58. The zero-order valence-electron chi connectivity index (χ0n) is 18.0. The van der Waals surface area contributed by atoms with Crippen LogP contribution in [0.25, 0.3) is 0 Å². The van der Waals surface area contributed by atoms with Gasteiger partial charge in [0.25, 0.3) is 0 Å². The third-order valence-electron chi connectivity index (χ3n) is 3.42. The molecule has 0 spiro atoms. The Morgan fingerprint density at radius 2 is 1.67 bits per heavy atom. The number of benzene rings is 1. The van der Waals surface area contributed by atoms with E-state index in [1.807, 2.05) is 6.92 Å². The Bertz CT molecular complexity index is 461. The van der Waals surface area contributed by atoms with Gasteiger partial charge in [0.2, 0.25) is 0 Å². The van der Waals surface area contributed by atoms with Gasteiger partial charge in [-0.15, -0.1) is 0 Å². The van der Waals surface area contributed by atoms with Crippen LogP contribution in [0.15, 0.2) is 29.2 Å². The summed E-state index contributed by atoms with van der Waals surface area (Å²) in [7, 11) is 0. The highest BCUT2D eigenvalue weighted by atomic mass is 32.2. The van der Waals surface area contributed by atoms with Crippen molar-refractivity contribution in [2.45, 2.75) is 78.2 Å². The highest BCUT2D eigenvalue weighted by Gasteiger charge is 2.01. The summed E-state index contributed by atoms with van der Waals surface area (Å²) in [6.45, 7) is 13.2. The standard InChI is InChI=1S/C18H30N2O2S.C4H10/c1-3-5-6-7-8-13-19-14-16-9-11-17(12-10-16)23-20-15-18(21)22-4-2;1-4(2)3/h9-12,19-20H,3-8,13-15H2,1-2H3;4H,1-3H3. The number of hydrogen-bond acceptors (Lipinski definition) is 5. The number of carbonyl (C=O) groups is 1. The van der Waals surface area contributed by atoms with Crippen molar-refractivity contribution in [2.24, 2.45) is 5.92 Å². The van der Waals surface area contributed by atoms with Crippen LogP contribution < -0.4 is 10.0 Å². The summed E-state index contributed by atoms with van der Waals surface area (Å²) >= 11 is 1.45. The molecule has 0 aliphatic rings. The summed E-state index contributed by atoms with van der Waals surface area (Å²) in [5.74, 6) is 0.611. The second-order valence-corrected chi connectivity index (χ2v) is 8.16. The first kappa shape index (κ1) is 26.0. The van der Waals surface area contributed by atoms with Crippen LogP contribution >= 0.6 is 11.9 Å². The maximum Gasteiger partial charge on any atom is 0.320 e. The number of ether oxygens (including phenoxy) is 1. The third-order valence-corrected chi connectivity index (χ3v) is 4.22. The number of hydrogen-bond donors (Lipinski definition) is 2. The Morgan fingerprint density at radius 1 is 1.04 bits per heavy atom. The molecule has 4 nitrogen and oxygen atoms in total. The lowest BCUT2D eigenvalue weighted by atomic mass is 10.1. The van der Waals surface area contributed by atoms with Gasteiger partial charge in [-0.1, -0.05) is 65.5 Å². The molecule has 1 aromatic carbocycles. The predicted molar refractivity (Wildman–Crippen MR) is 118 cm³/mol. The number of rotatable bonds is 13. The average molecular weight is 397 g/mol. The Kier molecular flexibility index (Phi) is 17.6. The Balaban J connectivity index is 0.00000153. The zero-order valence-corrected chi connectivity index (χ0v) is 18.8. The monoisotopic (exact) mass is 396 g/mol. The molecule has 0 bridgehead atoms. The molecule has 0 radical (unpaired) electrons. The van der Waals surface area contributed by atoms with Gasteiger partial charge in [-0.3, -0.25) is 4.79 Å². The fraction of sp³-hybridized carbons (Fsp3) is 0.682. The van der Waals surface area contributed by atoms with Gasteiger partial charge in [0.15, 0.2) is 0 Å². The number of nitrogens with one attached hydrogen (secondary N) is 2. The van der Waals surface area contributed by atoms with Crippen LogP contribution in [0.5, 0.6) is 0 Å². The van der Waals surface area contributed by atoms with E-state index in [-0.39, 0.29) is 12.5 Å². The summed E-state index contributed by atoms with van der Waals surface area (Å²) < 4.78 is 7.87. The molecular weight excluding hydrogens is 356 g/mol. The summed E-state index contributed by atoms with van der Waals surface area (Å²) in [6, 6.07) is 8.39. The SMILES string of the molecule is CC(C)C.CCCCCCCNCc1ccc(SNCC(=O)OCC)cc1. The molecule has 0 saturated heterocycles. The Labute approximate surface area is 171 Å². The number of esters is 1. The number of unbranched alkanes of at least 4 members (excludes halogenated alkanes) is 4. The lowest BCUT2D eigenvalue weighted by molar-refractivity contribution is -0.141. The normalized spacial score (nSPS) is 10.4. The highest BCUT2D eigenvalue weighted by molar-refractivity contribution is 7.97. The lowest BCUT2D eigenvalue weighted by Gasteiger charge is -2.07. The lowest BCUT2D eigenvalue weighted by Crippen LogP contribution is -2.19. The van der Waals surface area contributed by atoms with E-state index in [0.29, 0.717) is 6.61 Å². The molecule has 1 rings (SSSR count). The minimum atomic E-state index is -0.222. The second kappa shape index (κ2) is 18.3. The van der Waals surface area contributed by atoms with E-state index in [2.05, 4.69) is 62.0 Å². The summed E-state index contributed by atoms with van der Waals surface area (Å²) in [5, 5.41) is 3.49. The molecule has 0 fully saturated rings. The van der Waals surface area contributed by atoms with Gasteiger partial charge in [-0.2, -0.15) is 0 Å². The topological polar surface area (TPSA) is 50.4 Å². The quantitative estimate of drug-likeness (QED) is 0.259. The maximum atomic E-state index is 11.2. The van der Waals surface area contributed by atoms with E-state index >= 15 is 0 Å². The molecule has 27 heavy (non-hydrogen) atoms. The largest absolute Gasteiger partial charge is 0.465 e. The molecule has 0 heterocycles. The Morgan fingerprint density at radius 3 is 2.26 bits per heavy atom. The first-order valence-electron chi connectivity index (χ1n) is 10.3. The molecule has 1 aromatic rings. The van der Waals surface area contributed by atoms with Gasteiger partial charge in [-0.05, 0) is 55.5 Å². The molecule has 2 N–H and O–H groups in total. The highest BCUT2D eigenvalue weighted by Crippen LogP contribution is 2.15. The van der Waals surface area contributed by atoms with Crippen LogP contribution in [-0.2, 0) is 16.1 Å². The molecule has 156 valence electrons. The third kappa shape index (κ3) is 18.1. The van der Waals surface area contributed by atoms with Crippen molar-refractivity contribution in [2.75, 3.05) is 19.7 Å². The van der Waals surface area contributed by atoms with Gasteiger partial charge in [0.05, 0.1) is 6.61 Å². The first-order chi connectivity index (χ1) is 13.0. The molecule has 0 saturated carbocycles. The maximum absolute atomic E-state index is 11.2. The van der Waals surface area contributed by atoms with E-state index < -0.39 is 0 Å². The fourth-order valence-electron chi connectivity index (χ4n) is 2.15. The number of carbonyl (C=O) groups excluding carboxylic acids is 1. The molecule has 0 atom stereocenters.